The lowest BCUT2D eigenvalue weighted by Gasteiger charge is -2.32. The second-order valence-electron chi connectivity index (χ2n) is 5.73. The van der Waals surface area contributed by atoms with E-state index in [-0.39, 0.29) is 12.1 Å². The molecule has 5 nitrogen and oxygen atoms in total. The molecule has 6 heteroatoms. The fraction of sp³-hybridized carbons (Fsp3) is 0.733. The number of aryl methyl sites for hydroxylation is 2. The number of carbonyl (C=O) groups is 1. The number of aromatic nitrogens is 2. The number of rotatable bonds is 3. The van der Waals surface area contributed by atoms with E-state index in [9.17, 15) is 4.79 Å². The zero-order chi connectivity index (χ0) is 15.6. The fourth-order valence-electron chi connectivity index (χ4n) is 2.92. The summed E-state index contributed by atoms with van der Waals surface area (Å²) >= 11 is 1.97. The van der Waals surface area contributed by atoms with Gasteiger partial charge in [0.1, 0.15) is 0 Å². The quantitative estimate of drug-likeness (QED) is 0.934. The second kappa shape index (κ2) is 6.73. The third kappa shape index (κ3) is 3.54. The Morgan fingerprint density at radius 2 is 2.24 bits per heavy atom. The summed E-state index contributed by atoms with van der Waals surface area (Å²) in [5, 5.41) is 8.13. The molecule has 1 N–H and O–H groups in total. The summed E-state index contributed by atoms with van der Waals surface area (Å²) in [4.78, 5) is 14.4. The van der Waals surface area contributed by atoms with E-state index in [1.54, 1.807) is 0 Å². The van der Waals surface area contributed by atoms with Gasteiger partial charge in [-0.15, -0.1) is 0 Å². The Balaban J connectivity index is 2.02. The number of hydrogen-bond donors (Lipinski definition) is 1. The summed E-state index contributed by atoms with van der Waals surface area (Å²) in [6.45, 7) is 9.95. The van der Waals surface area contributed by atoms with Crippen LogP contribution in [0.25, 0.3) is 0 Å². The van der Waals surface area contributed by atoms with Gasteiger partial charge in [-0.2, -0.15) is 16.9 Å². The van der Waals surface area contributed by atoms with Crippen molar-refractivity contribution in [3.63, 3.8) is 0 Å². The Labute approximate surface area is 131 Å². The van der Waals surface area contributed by atoms with Crippen molar-refractivity contribution in [2.45, 2.75) is 45.4 Å². The van der Waals surface area contributed by atoms with Crippen molar-refractivity contribution in [3.8, 4) is 0 Å². The zero-order valence-electron chi connectivity index (χ0n) is 13.6. The van der Waals surface area contributed by atoms with Gasteiger partial charge in [-0.25, -0.2) is 4.79 Å². The molecule has 0 radical (unpaired) electrons. The maximum atomic E-state index is 12.5. The highest BCUT2D eigenvalue weighted by Crippen LogP contribution is 2.23. The van der Waals surface area contributed by atoms with Crippen molar-refractivity contribution < 1.29 is 4.79 Å². The van der Waals surface area contributed by atoms with Gasteiger partial charge in [0, 0.05) is 42.4 Å². The van der Waals surface area contributed by atoms with Crippen LogP contribution in [0, 0.1) is 13.8 Å². The normalized spacial score (nSPS) is 20.4. The third-order valence-corrected chi connectivity index (χ3v) is 5.59. The van der Waals surface area contributed by atoms with Gasteiger partial charge in [-0.3, -0.25) is 4.68 Å². The molecule has 1 saturated heterocycles. The molecule has 0 spiro atoms. The van der Waals surface area contributed by atoms with Crippen molar-refractivity contribution in [3.05, 3.63) is 17.0 Å². The summed E-state index contributed by atoms with van der Waals surface area (Å²) < 4.78 is 1.87. The molecule has 2 amide bonds. The molecular formula is C15H26N4OS. The number of nitrogens with one attached hydrogen (secondary N) is 1. The van der Waals surface area contributed by atoms with Gasteiger partial charge in [0.2, 0.25) is 0 Å². The van der Waals surface area contributed by atoms with Gasteiger partial charge in [0.15, 0.2) is 0 Å². The largest absolute Gasteiger partial charge is 0.331 e. The van der Waals surface area contributed by atoms with Crippen LogP contribution in [-0.2, 0) is 7.05 Å². The van der Waals surface area contributed by atoms with Crippen LogP contribution in [-0.4, -0.2) is 44.8 Å². The molecule has 0 saturated carbocycles. The molecule has 0 aliphatic carbocycles. The van der Waals surface area contributed by atoms with Gasteiger partial charge in [-0.1, -0.05) is 6.92 Å². The predicted molar refractivity (Wildman–Crippen MR) is 87.7 cm³/mol. The van der Waals surface area contributed by atoms with Crippen LogP contribution >= 0.6 is 11.8 Å². The molecule has 21 heavy (non-hydrogen) atoms. The van der Waals surface area contributed by atoms with Gasteiger partial charge in [0.25, 0.3) is 0 Å². The Morgan fingerprint density at radius 1 is 1.52 bits per heavy atom. The zero-order valence-corrected chi connectivity index (χ0v) is 14.5. The highest BCUT2D eigenvalue weighted by atomic mass is 32.2. The highest BCUT2D eigenvalue weighted by molar-refractivity contribution is 8.00. The van der Waals surface area contributed by atoms with E-state index in [1.165, 1.54) is 0 Å². The number of hydrogen-bond acceptors (Lipinski definition) is 3. The Morgan fingerprint density at radius 3 is 2.81 bits per heavy atom. The summed E-state index contributed by atoms with van der Waals surface area (Å²) in [5.74, 6) is 1.03. The number of thioether (sulfide) groups is 1. The van der Waals surface area contributed by atoms with Crippen LogP contribution in [0.5, 0.6) is 0 Å². The topological polar surface area (TPSA) is 50.2 Å². The van der Waals surface area contributed by atoms with Crippen LogP contribution in [0.3, 0.4) is 0 Å². The first kappa shape index (κ1) is 16.2. The molecule has 0 aromatic carbocycles. The first-order chi connectivity index (χ1) is 9.93. The summed E-state index contributed by atoms with van der Waals surface area (Å²) in [5.41, 5.74) is 3.23. The van der Waals surface area contributed by atoms with E-state index in [0.717, 1.165) is 42.2 Å². The minimum atomic E-state index is -0.0131. The molecule has 0 bridgehead atoms. The summed E-state index contributed by atoms with van der Waals surface area (Å²) in [6, 6.07) is 0.0322. The number of carbonyl (C=O) groups excluding carboxylic acids is 1. The molecule has 2 atom stereocenters. The Bertz CT molecular complexity index is 514. The monoisotopic (exact) mass is 310 g/mol. The van der Waals surface area contributed by atoms with Crippen LogP contribution in [0.15, 0.2) is 0 Å². The molecule has 1 aliphatic heterocycles. The molecule has 1 aromatic heterocycles. The Hall–Kier alpha value is -1.17. The van der Waals surface area contributed by atoms with Gasteiger partial charge in [-0.05, 0) is 27.2 Å². The molecule has 0 unspecified atom stereocenters. The molecule has 2 heterocycles. The first-order valence-corrected chi connectivity index (χ1v) is 8.66. The number of urea groups is 1. The maximum absolute atomic E-state index is 12.5. The van der Waals surface area contributed by atoms with Crippen LogP contribution < -0.4 is 5.32 Å². The predicted octanol–water partition coefficient (Wildman–Crippen LogP) is 2.63. The maximum Gasteiger partial charge on any atom is 0.317 e. The number of amides is 2. The molecular weight excluding hydrogens is 284 g/mol. The van der Waals surface area contributed by atoms with Crippen LogP contribution in [0.4, 0.5) is 4.79 Å². The van der Waals surface area contributed by atoms with Crippen LogP contribution in [0.1, 0.15) is 43.3 Å². The first-order valence-electron chi connectivity index (χ1n) is 7.61. The standard InChI is InChI=1S/C15H26N4OS/c1-6-13-9-19(7-8-21-13)15(20)16-10(2)14-11(3)17-18(5)12(14)4/h10,13H,6-9H2,1-5H3,(H,16,20)/t10-,13+/m0/s1. The smallest absolute Gasteiger partial charge is 0.317 e. The molecule has 2 rings (SSSR count). The lowest BCUT2D eigenvalue weighted by atomic mass is 10.1. The Kier molecular flexibility index (Phi) is 5.19. The van der Waals surface area contributed by atoms with Crippen molar-refractivity contribution in [2.24, 2.45) is 7.05 Å². The third-order valence-electron chi connectivity index (χ3n) is 4.22. The van der Waals surface area contributed by atoms with E-state index >= 15 is 0 Å². The lowest BCUT2D eigenvalue weighted by Crippen LogP contribution is -2.47. The summed E-state index contributed by atoms with van der Waals surface area (Å²) in [7, 11) is 1.94. The van der Waals surface area contributed by atoms with Crippen molar-refractivity contribution in [1.82, 2.24) is 20.0 Å². The number of nitrogens with zero attached hydrogens (tertiary/aromatic N) is 3. The average molecular weight is 310 g/mol. The van der Waals surface area contributed by atoms with Crippen molar-refractivity contribution in [2.75, 3.05) is 18.8 Å². The van der Waals surface area contributed by atoms with E-state index in [4.69, 9.17) is 0 Å². The minimum absolute atomic E-state index is 0.0131. The van der Waals surface area contributed by atoms with E-state index < -0.39 is 0 Å². The van der Waals surface area contributed by atoms with E-state index in [0.29, 0.717) is 5.25 Å². The molecule has 1 aromatic rings. The molecule has 118 valence electrons. The molecule has 1 fully saturated rings. The highest BCUT2D eigenvalue weighted by Gasteiger charge is 2.25. The van der Waals surface area contributed by atoms with Crippen molar-refractivity contribution >= 4 is 17.8 Å². The molecule has 1 aliphatic rings. The van der Waals surface area contributed by atoms with Crippen LogP contribution in [0.2, 0.25) is 0 Å². The summed E-state index contributed by atoms with van der Waals surface area (Å²) in [6.07, 6.45) is 1.12. The SMILES string of the molecule is CC[C@@H]1CN(C(=O)N[C@@H](C)c2c(C)nn(C)c2C)CCS1. The van der Waals surface area contributed by atoms with E-state index in [1.807, 2.05) is 49.2 Å². The minimum Gasteiger partial charge on any atom is -0.331 e. The second-order valence-corrected chi connectivity index (χ2v) is 7.13. The fourth-order valence-corrected chi connectivity index (χ4v) is 4.10. The average Bonchev–Trinajstić information content (AvgIpc) is 2.72. The van der Waals surface area contributed by atoms with Crippen molar-refractivity contribution in [1.29, 1.82) is 0 Å². The van der Waals surface area contributed by atoms with Gasteiger partial charge in [0.05, 0.1) is 11.7 Å². The van der Waals surface area contributed by atoms with E-state index in [2.05, 4.69) is 17.3 Å². The van der Waals surface area contributed by atoms with Gasteiger partial charge >= 0.3 is 6.03 Å². The van der Waals surface area contributed by atoms with Gasteiger partial charge < -0.3 is 10.2 Å². The lowest BCUT2D eigenvalue weighted by molar-refractivity contribution is 0.196.